The van der Waals surface area contributed by atoms with Gasteiger partial charge in [0, 0.05) is 5.39 Å². The van der Waals surface area contributed by atoms with E-state index in [1.165, 1.54) is 0 Å². The molecule has 0 radical (unpaired) electrons. The minimum Gasteiger partial charge on any atom is -0.460 e. The van der Waals surface area contributed by atoms with Crippen molar-refractivity contribution in [3.8, 4) is 0 Å². The molecule has 32 heavy (non-hydrogen) atoms. The Balaban J connectivity index is 1.46. The van der Waals surface area contributed by atoms with Crippen molar-refractivity contribution in [2.24, 2.45) is 0 Å². The van der Waals surface area contributed by atoms with Crippen LogP contribution in [0, 0.1) is 0 Å². The van der Waals surface area contributed by atoms with Crippen LogP contribution in [0.4, 0.5) is 4.79 Å². The van der Waals surface area contributed by atoms with E-state index in [1.807, 2.05) is 0 Å². The van der Waals surface area contributed by atoms with Gasteiger partial charge in [0.1, 0.15) is 12.2 Å². The summed E-state index contributed by atoms with van der Waals surface area (Å²) in [7, 11) is 0. The first-order valence-corrected chi connectivity index (χ1v) is 9.99. The van der Waals surface area contributed by atoms with Gasteiger partial charge in [-0.2, -0.15) is 0 Å². The maximum absolute atomic E-state index is 12.5. The van der Waals surface area contributed by atoms with E-state index >= 15 is 0 Å². The SMILES string of the molecule is CCOC(=O)c1oc2ccccc2c1COC(=O)c1ccc(CN2C(=O)CNC2=O)cc1. The van der Waals surface area contributed by atoms with Crippen molar-refractivity contribution in [1.29, 1.82) is 0 Å². The van der Waals surface area contributed by atoms with Crippen molar-refractivity contribution in [3.63, 3.8) is 0 Å². The van der Waals surface area contributed by atoms with E-state index in [4.69, 9.17) is 13.9 Å². The molecule has 164 valence electrons. The standard InChI is InChI=1S/C23H20N2O7/c1-2-30-22(28)20-17(16-5-3-4-6-18(16)32-20)13-31-21(27)15-9-7-14(8-10-15)12-25-19(26)11-24-23(25)29/h3-10H,2,11-13H2,1H3,(H,24,29). The van der Waals surface area contributed by atoms with E-state index < -0.39 is 18.0 Å². The molecule has 0 saturated carbocycles. The van der Waals surface area contributed by atoms with Crippen LogP contribution < -0.4 is 5.32 Å². The monoisotopic (exact) mass is 436 g/mol. The molecule has 0 bridgehead atoms. The summed E-state index contributed by atoms with van der Waals surface area (Å²) in [5.74, 6) is -1.51. The van der Waals surface area contributed by atoms with Crippen molar-refractivity contribution in [1.82, 2.24) is 10.2 Å². The molecule has 3 amide bonds. The minimum absolute atomic E-state index is 0.00440. The number of nitrogens with one attached hydrogen (secondary N) is 1. The van der Waals surface area contributed by atoms with E-state index in [-0.39, 0.29) is 43.5 Å². The number of furan rings is 1. The Kier molecular flexibility index (Phi) is 5.89. The number of ether oxygens (including phenoxy) is 2. The molecule has 2 aromatic carbocycles. The Morgan fingerprint density at radius 2 is 1.78 bits per heavy atom. The number of hydrogen-bond acceptors (Lipinski definition) is 7. The molecule has 0 aliphatic carbocycles. The van der Waals surface area contributed by atoms with Crippen molar-refractivity contribution in [2.75, 3.05) is 13.2 Å². The summed E-state index contributed by atoms with van der Waals surface area (Å²) in [6, 6.07) is 13.0. The lowest BCUT2D eigenvalue weighted by Gasteiger charge is -2.12. The van der Waals surface area contributed by atoms with E-state index in [2.05, 4.69) is 5.32 Å². The number of hydrogen-bond donors (Lipinski definition) is 1. The first-order valence-electron chi connectivity index (χ1n) is 9.99. The lowest BCUT2D eigenvalue weighted by Crippen LogP contribution is -2.30. The van der Waals surface area contributed by atoms with Gasteiger partial charge in [-0.25, -0.2) is 14.4 Å². The number of urea groups is 1. The highest BCUT2D eigenvalue weighted by atomic mass is 16.5. The Morgan fingerprint density at radius 3 is 2.47 bits per heavy atom. The molecular weight excluding hydrogens is 416 g/mol. The fraction of sp³-hybridized carbons (Fsp3) is 0.217. The molecule has 0 atom stereocenters. The molecule has 1 aliphatic rings. The highest BCUT2D eigenvalue weighted by Gasteiger charge is 2.28. The second kappa shape index (κ2) is 8.93. The molecule has 0 unspecified atom stereocenters. The van der Waals surface area contributed by atoms with Crippen LogP contribution >= 0.6 is 0 Å². The number of esters is 2. The summed E-state index contributed by atoms with van der Waals surface area (Å²) < 4.78 is 16.1. The zero-order valence-corrected chi connectivity index (χ0v) is 17.3. The second-order valence-corrected chi connectivity index (χ2v) is 7.04. The minimum atomic E-state index is -0.625. The third-order valence-electron chi connectivity index (χ3n) is 4.97. The highest BCUT2D eigenvalue weighted by Crippen LogP contribution is 2.27. The second-order valence-electron chi connectivity index (χ2n) is 7.04. The number of nitrogens with zero attached hydrogens (tertiary/aromatic N) is 1. The molecule has 4 rings (SSSR count). The van der Waals surface area contributed by atoms with Crippen LogP contribution in [-0.2, 0) is 27.4 Å². The fourth-order valence-corrected chi connectivity index (χ4v) is 3.37. The lowest BCUT2D eigenvalue weighted by atomic mass is 10.1. The van der Waals surface area contributed by atoms with Gasteiger partial charge in [-0.1, -0.05) is 30.3 Å². The maximum atomic E-state index is 12.5. The Hall–Kier alpha value is -4.14. The Morgan fingerprint density at radius 1 is 1.03 bits per heavy atom. The number of benzene rings is 2. The number of carbonyl (C=O) groups excluding carboxylic acids is 4. The number of amides is 3. The molecule has 1 N–H and O–H groups in total. The highest BCUT2D eigenvalue weighted by molar-refractivity contribution is 6.02. The average molecular weight is 436 g/mol. The van der Waals surface area contributed by atoms with Crippen LogP contribution in [0.5, 0.6) is 0 Å². The van der Waals surface area contributed by atoms with Gasteiger partial charge in [-0.05, 0) is 30.7 Å². The summed E-state index contributed by atoms with van der Waals surface area (Å²) in [6.45, 7) is 1.81. The van der Waals surface area contributed by atoms with Crippen LogP contribution in [0.1, 0.15) is 39.0 Å². The summed E-state index contributed by atoms with van der Waals surface area (Å²) in [5.41, 5.74) is 1.91. The van der Waals surface area contributed by atoms with Gasteiger partial charge in [-0.3, -0.25) is 9.69 Å². The zero-order valence-electron chi connectivity index (χ0n) is 17.3. The summed E-state index contributed by atoms with van der Waals surface area (Å²) in [6.07, 6.45) is 0. The predicted molar refractivity (Wildman–Crippen MR) is 112 cm³/mol. The van der Waals surface area contributed by atoms with E-state index in [0.29, 0.717) is 22.1 Å². The van der Waals surface area contributed by atoms with Crippen LogP contribution in [-0.4, -0.2) is 41.9 Å². The fourth-order valence-electron chi connectivity index (χ4n) is 3.37. The van der Waals surface area contributed by atoms with Crippen LogP contribution in [0.2, 0.25) is 0 Å². The van der Waals surface area contributed by atoms with Gasteiger partial charge in [0.25, 0.3) is 0 Å². The normalized spacial score (nSPS) is 13.3. The predicted octanol–water partition coefficient (Wildman–Crippen LogP) is 3.02. The molecule has 1 aromatic heterocycles. The van der Waals surface area contributed by atoms with Crippen molar-refractivity contribution in [2.45, 2.75) is 20.1 Å². The molecule has 3 aromatic rings. The van der Waals surface area contributed by atoms with Gasteiger partial charge in [0.05, 0.1) is 30.8 Å². The Bertz CT molecular complexity index is 1180. The van der Waals surface area contributed by atoms with E-state index in [9.17, 15) is 19.2 Å². The quantitative estimate of drug-likeness (QED) is 0.447. The van der Waals surface area contributed by atoms with E-state index in [0.717, 1.165) is 4.90 Å². The first-order chi connectivity index (χ1) is 15.5. The third-order valence-corrected chi connectivity index (χ3v) is 4.97. The van der Waals surface area contributed by atoms with Gasteiger partial charge in [0.15, 0.2) is 0 Å². The third kappa shape index (κ3) is 4.18. The topological polar surface area (TPSA) is 115 Å². The summed E-state index contributed by atoms with van der Waals surface area (Å²) in [4.78, 5) is 49.3. The van der Waals surface area contributed by atoms with Crippen LogP contribution in [0.15, 0.2) is 52.9 Å². The smallest absolute Gasteiger partial charge is 0.374 e. The number of fused-ring (bicyclic) bond motifs is 1. The van der Waals surface area contributed by atoms with Crippen LogP contribution in [0.3, 0.4) is 0 Å². The van der Waals surface area contributed by atoms with Crippen LogP contribution in [0.25, 0.3) is 11.0 Å². The van der Waals surface area contributed by atoms with Gasteiger partial charge in [-0.15, -0.1) is 0 Å². The molecule has 9 nitrogen and oxygen atoms in total. The Labute approximate surface area is 182 Å². The zero-order chi connectivity index (χ0) is 22.7. The van der Waals surface area contributed by atoms with Crippen molar-refractivity contribution in [3.05, 3.63) is 71.0 Å². The lowest BCUT2D eigenvalue weighted by molar-refractivity contribution is -0.125. The number of rotatable bonds is 7. The number of carbonyl (C=O) groups is 4. The molecule has 0 spiro atoms. The van der Waals surface area contributed by atoms with Gasteiger partial charge in [0.2, 0.25) is 11.7 Å². The largest absolute Gasteiger partial charge is 0.460 e. The van der Waals surface area contributed by atoms with Crippen molar-refractivity contribution < 1.29 is 33.1 Å². The molecule has 9 heteroatoms. The average Bonchev–Trinajstić information content (AvgIpc) is 3.33. The molecular formula is C23H20N2O7. The van der Waals surface area contributed by atoms with E-state index in [1.54, 1.807) is 55.5 Å². The molecule has 1 aliphatic heterocycles. The summed E-state index contributed by atoms with van der Waals surface area (Å²) >= 11 is 0. The summed E-state index contributed by atoms with van der Waals surface area (Å²) in [5, 5.41) is 3.11. The maximum Gasteiger partial charge on any atom is 0.374 e. The molecule has 1 fully saturated rings. The van der Waals surface area contributed by atoms with Crippen molar-refractivity contribution >= 4 is 34.8 Å². The first kappa shape index (κ1) is 21.1. The van der Waals surface area contributed by atoms with Gasteiger partial charge < -0.3 is 19.2 Å². The molecule has 2 heterocycles. The number of imide groups is 1. The molecule has 1 saturated heterocycles. The van der Waals surface area contributed by atoms with Gasteiger partial charge >= 0.3 is 18.0 Å². The number of para-hydroxylation sites is 1.